The van der Waals surface area contributed by atoms with E-state index in [0.29, 0.717) is 18.4 Å². The van der Waals surface area contributed by atoms with E-state index in [4.69, 9.17) is 9.72 Å². The highest BCUT2D eigenvalue weighted by Gasteiger charge is 2.29. The summed E-state index contributed by atoms with van der Waals surface area (Å²) >= 11 is 0. The largest absolute Gasteiger partial charge is 0.478 e. The third kappa shape index (κ3) is 5.47. The zero-order valence-corrected chi connectivity index (χ0v) is 15.0. The third-order valence-electron chi connectivity index (χ3n) is 3.56. The van der Waals surface area contributed by atoms with Crippen LogP contribution in [-0.2, 0) is 0 Å². The van der Waals surface area contributed by atoms with E-state index in [2.05, 4.69) is 51.8 Å². The van der Waals surface area contributed by atoms with Gasteiger partial charge in [-0.1, -0.05) is 27.7 Å². The lowest BCUT2D eigenvalue weighted by Crippen LogP contribution is -2.35. The molecule has 1 fully saturated rings. The van der Waals surface area contributed by atoms with Crippen molar-refractivity contribution in [3.63, 3.8) is 0 Å². The average molecular weight is 305 g/mol. The number of nitrogens with one attached hydrogen (secondary N) is 1. The number of aromatic nitrogens is 2. The Labute approximate surface area is 135 Å². The Kier molecular flexibility index (Phi) is 4.98. The molecule has 2 rings (SSSR count). The van der Waals surface area contributed by atoms with Crippen molar-refractivity contribution in [3.05, 3.63) is 11.9 Å². The normalized spacial score (nSPS) is 15.7. The highest BCUT2D eigenvalue weighted by Crippen LogP contribution is 2.39. The highest BCUT2D eigenvalue weighted by molar-refractivity contribution is 5.41. The van der Waals surface area contributed by atoms with E-state index in [0.717, 1.165) is 24.5 Å². The SMILES string of the molecule is CCCOc1cc(NC(C)(C)CC(C)(C)C)nc(C2CC2)n1. The maximum atomic E-state index is 5.74. The predicted octanol–water partition coefficient (Wildman–Crippen LogP) is 4.77. The van der Waals surface area contributed by atoms with Crippen LogP contribution in [0.1, 0.15) is 79.0 Å². The first-order valence-electron chi connectivity index (χ1n) is 8.48. The van der Waals surface area contributed by atoms with Gasteiger partial charge in [0.25, 0.3) is 0 Å². The summed E-state index contributed by atoms with van der Waals surface area (Å²) in [7, 11) is 0. The maximum Gasteiger partial charge on any atom is 0.218 e. The highest BCUT2D eigenvalue weighted by atomic mass is 16.5. The average Bonchev–Trinajstić information content (AvgIpc) is 3.16. The van der Waals surface area contributed by atoms with E-state index in [-0.39, 0.29) is 11.0 Å². The van der Waals surface area contributed by atoms with Crippen LogP contribution in [-0.4, -0.2) is 22.1 Å². The van der Waals surface area contributed by atoms with Crippen LogP contribution in [0.3, 0.4) is 0 Å². The first kappa shape index (κ1) is 17.0. The second-order valence-corrected chi connectivity index (χ2v) is 8.32. The van der Waals surface area contributed by atoms with Crippen molar-refractivity contribution in [2.75, 3.05) is 11.9 Å². The number of hydrogen-bond donors (Lipinski definition) is 1. The zero-order chi connectivity index (χ0) is 16.4. The van der Waals surface area contributed by atoms with E-state index >= 15 is 0 Å². The van der Waals surface area contributed by atoms with Crippen LogP contribution >= 0.6 is 0 Å². The number of rotatable bonds is 7. The summed E-state index contributed by atoms with van der Waals surface area (Å²) in [5.74, 6) is 3.05. The van der Waals surface area contributed by atoms with E-state index in [1.807, 2.05) is 6.07 Å². The number of hydrogen-bond acceptors (Lipinski definition) is 4. The monoisotopic (exact) mass is 305 g/mol. The molecule has 0 aromatic carbocycles. The first-order valence-corrected chi connectivity index (χ1v) is 8.48. The molecule has 1 N–H and O–H groups in total. The zero-order valence-electron chi connectivity index (χ0n) is 15.0. The Hall–Kier alpha value is -1.32. The van der Waals surface area contributed by atoms with Crippen molar-refractivity contribution < 1.29 is 4.74 Å². The molecule has 1 aromatic rings. The van der Waals surface area contributed by atoms with Crippen LogP contribution in [0.5, 0.6) is 5.88 Å². The fraction of sp³-hybridized carbons (Fsp3) is 0.778. The van der Waals surface area contributed by atoms with Gasteiger partial charge >= 0.3 is 0 Å². The fourth-order valence-corrected chi connectivity index (χ4v) is 3.03. The summed E-state index contributed by atoms with van der Waals surface area (Å²) in [5.41, 5.74) is 0.250. The molecule has 124 valence electrons. The molecule has 1 aliphatic carbocycles. The van der Waals surface area contributed by atoms with Gasteiger partial charge in [0.2, 0.25) is 5.88 Å². The summed E-state index contributed by atoms with van der Waals surface area (Å²) in [6.45, 7) is 14.1. The molecule has 0 radical (unpaired) electrons. The number of anilines is 1. The summed E-state index contributed by atoms with van der Waals surface area (Å²) in [4.78, 5) is 9.28. The molecule has 4 heteroatoms. The van der Waals surface area contributed by atoms with Gasteiger partial charge in [-0.05, 0) is 44.9 Å². The van der Waals surface area contributed by atoms with E-state index < -0.39 is 0 Å². The van der Waals surface area contributed by atoms with Gasteiger partial charge in [0.1, 0.15) is 11.6 Å². The van der Waals surface area contributed by atoms with Crippen LogP contribution in [0.25, 0.3) is 0 Å². The molecule has 0 aliphatic heterocycles. The van der Waals surface area contributed by atoms with Crippen LogP contribution in [0, 0.1) is 5.41 Å². The van der Waals surface area contributed by atoms with Crippen molar-refractivity contribution in [3.8, 4) is 5.88 Å². The van der Waals surface area contributed by atoms with Gasteiger partial charge < -0.3 is 10.1 Å². The molecular formula is C18H31N3O. The summed E-state index contributed by atoms with van der Waals surface area (Å²) in [6.07, 6.45) is 4.44. The van der Waals surface area contributed by atoms with Crippen molar-refractivity contribution in [1.29, 1.82) is 0 Å². The Bertz CT molecular complexity index is 502. The molecule has 0 spiro atoms. The molecule has 22 heavy (non-hydrogen) atoms. The molecule has 1 aliphatic rings. The number of nitrogens with zero attached hydrogens (tertiary/aromatic N) is 2. The lowest BCUT2D eigenvalue weighted by molar-refractivity contribution is 0.299. The van der Waals surface area contributed by atoms with Crippen molar-refractivity contribution in [2.45, 2.75) is 78.7 Å². The summed E-state index contributed by atoms with van der Waals surface area (Å²) in [5, 5.41) is 3.58. The van der Waals surface area contributed by atoms with E-state index in [1.54, 1.807) is 0 Å². The van der Waals surface area contributed by atoms with Gasteiger partial charge in [-0.25, -0.2) is 4.98 Å². The first-order chi connectivity index (χ1) is 10.2. The van der Waals surface area contributed by atoms with Crippen molar-refractivity contribution in [1.82, 2.24) is 9.97 Å². The Morgan fingerprint density at radius 1 is 1.18 bits per heavy atom. The molecule has 0 saturated heterocycles. The van der Waals surface area contributed by atoms with Gasteiger partial charge in [0.15, 0.2) is 0 Å². The molecule has 1 aromatic heterocycles. The van der Waals surface area contributed by atoms with Gasteiger partial charge in [-0.2, -0.15) is 4.98 Å². The topological polar surface area (TPSA) is 47.0 Å². The minimum atomic E-state index is -0.0184. The smallest absolute Gasteiger partial charge is 0.218 e. The number of ether oxygens (including phenoxy) is 1. The molecular weight excluding hydrogens is 274 g/mol. The Balaban J connectivity index is 2.16. The minimum absolute atomic E-state index is 0.0184. The molecule has 0 atom stereocenters. The molecule has 0 bridgehead atoms. The molecule has 1 heterocycles. The second kappa shape index (κ2) is 6.43. The standard InChI is InChI=1S/C18H31N3O/c1-7-10-22-15-11-14(19-16(20-15)13-8-9-13)21-18(5,6)12-17(2,3)4/h11,13H,7-10,12H2,1-6H3,(H,19,20,21). The Morgan fingerprint density at radius 2 is 1.86 bits per heavy atom. The van der Waals surface area contributed by atoms with Gasteiger partial charge in [-0.15, -0.1) is 0 Å². The summed E-state index contributed by atoms with van der Waals surface area (Å²) in [6, 6.07) is 1.94. The molecule has 4 nitrogen and oxygen atoms in total. The predicted molar refractivity (Wildman–Crippen MR) is 91.6 cm³/mol. The van der Waals surface area contributed by atoms with Crippen molar-refractivity contribution in [2.24, 2.45) is 5.41 Å². The van der Waals surface area contributed by atoms with Crippen LogP contribution in [0.2, 0.25) is 0 Å². The van der Waals surface area contributed by atoms with E-state index in [1.165, 1.54) is 12.8 Å². The lowest BCUT2D eigenvalue weighted by Gasteiger charge is -2.33. The maximum absolute atomic E-state index is 5.74. The quantitative estimate of drug-likeness (QED) is 0.788. The second-order valence-electron chi connectivity index (χ2n) is 8.32. The van der Waals surface area contributed by atoms with Crippen LogP contribution < -0.4 is 10.1 Å². The third-order valence-corrected chi connectivity index (χ3v) is 3.56. The van der Waals surface area contributed by atoms with Crippen LogP contribution in [0.15, 0.2) is 6.07 Å². The summed E-state index contributed by atoms with van der Waals surface area (Å²) < 4.78 is 5.74. The van der Waals surface area contributed by atoms with Crippen molar-refractivity contribution >= 4 is 5.82 Å². The minimum Gasteiger partial charge on any atom is -0.478 e. The van der Waals surface area contributed by atoms with Gasteiger partial charge in [0.05, 0.1) is 6.61 Å². The van der Waals surface area contributed by atoms with Gasteiger partial charge in [-0.3, -0.25) is 0 Å². The molecule has 0 amide bonds. The molecule has 1 saturated carbocycles. The van der Waals surface area contributed by atoms with Crippen LogP contribution in [0.4, 0.5) is 5.82 Å². The fourth-order valence-electron chi connectivity index (χ4n) is 3.03. The lowest BCUT2D eigenvalue weighted by atomic mass is 9.82. The molecule has 0 unspecified atom stereocenters. The van der Waals surface area contributed by atoms with E-state index in [9.17, 15) is 0 Å². The Morgan fingerprint density at radius 3 is 2.41 bits per heavy atom. The van der Waals surface area contributed by atoms with Gasteiger partial charge in [0, 0.05) is 17.5 Å².